The van der Waals surface area contributed by atoms with Crippen molar-refractivity contribution in [1.82, 2.24) is 5.32 Å². The number of hydrogen-bond donors (Lipinski definition) is 2. The Hall–Kier alpha value is -2.46. The van der Waals surface area contributed by atoms with E-state index in [1.807, 2.05) is 37.3 Å². The molecule has 0 bridgehead atoms. The van der Waals surface area contributed by atoms with Crippen molar-refractivity contribution in [3.63, 3.8) is 0 Å². The van der Waals surface area contributed by atoms with Crippen LogP contribution in [0.15, 0.2) is 48.7 Å². The average Bonchev–Trinajstić information content (AvgIpc) is 2.51. The lowest BCUT2D eigenvalue weighted by molar-refractivity contribution is 0.255. The summed E-state index contributed by atoms with van der Waals surface area (Å²) in [5, 5.41) is 5.97. The summed E-state index contributed by atoms with van der Waals surface area (Å²) in [6.07, 6.45) is 3.33. The van der Waals surface area contributed by atoms with Crippen LogP contribution in [-0.4, -0.2) is 13.1 Å². The Balaban J connectivity index is 1.98. The number of anilines is 1. The molecule has 2 aromatic carbocycles. The molecule has 0 saturated carbocycles. The number of carbonyl (C=O) groups is 1. The molecule has 2 aromatic rings. The molecule has 0 heterocycles. The molecule has 2 N–H and O–H groups in total. The summed E-state index contributed by atoms with van der Waals surface area (Å²) in [7, 11) is 1.61. The molecule has 4 nitrogen and oxygen atoms in total. The van der Waals surface area contributed by atoms with E-state index in [1.165, 1.54) is 0 Å². The van der Waals surface area contributed by atoms with E-state index in [1.54, 1.807) is 31.5 Å². The molecule has 0 atom stereocenters. The van der Waals surface area contributed by atoms with E-state index in [2.05, 4.69) is 10.6 Å². The Morgan fingerprint density at radius 2 is 2.00 bits per heavy atom. The quantitative estimate of drug-likeness (QED) is 0.875. The number of nitrogens with one attached hydrogen (secondary N) is 2. The average molecular weight is 317 g/mol. The maximum Gasteiger partial charge on any atom is 0.323 e. The molecule has 22 heavy (non-hydrogen) atoms. The number of benzene rings is 2. The second kappa shape index (κ2) is 7.52. The standard InChI is InChI=1S/C17H17ClN2O2/c1-12-7-8-14(18)11-15(12)20-17(21)19-10-9-13-5-3-4-6-16(13)22-2/h3-11H,1-2H3,(H2,19,20,21)/b10-9+. The smallest absolute Gasteiger partial charge is 0.323 e. The summed E-state index contributed by atoms with van der Waals surface area (Å²) in [6.45, 7) is 1.90. The molecule has 114 valence electrons. The first-order chi connectivity index (χ1) is 10.6. The third-order valence-electron chi connectivity index (χ3n) is 3.06. The van der Waals surface area contributed by atoms with Crippen LogP contribution < -0.4 is 15.4 Å². The fourth-order valence-corrected chi connectivity index (χ4v) is 2.07. The Labute approximate surface area is 134 Å². The van der Waals surface area contributed by atoms with Crippen molar-refractivity contribution in [3.8, 4) is 5.75 Å². The van der Waals surface area contributed by atoms with Crippen molar-refractivity contribution in [2.75, 3.05) is 12.4 Å². The van der Waals surface area contributed by atoms with Crippen LogP contribution in [0, 0.1) is 6.92 Å². The normalized spacial score (nSPS) is 10.5. The molecule has 0 saturated heterocycles. The Kier molecular flexibility index (Phi) is 5.44. The molecule has 0 fully saturated rings. The second-order valence-corrected chi connectivity index (χ2v) is 5.07. The lowest BCUT2D eigenvalue weighted by Crippen LogP contribution is -2.24. The highest BCUT2D eigenvalue weighted by atomic mass is 35.5. The van der Waals surface area contributed by atoms with Crippen LogP contribution in [0.3, 0.4) is 0 Å². The number of ether oxygens (including phenoxy) is 1. The number of carbonyl (C=O) groups excluding carboxylic acids is 1. The molecule has 0 aliphatic heterocycles. The van der Waals surface area contributed by atoms with Crippen molar-refractivity contribution in [1.29, 1.82) is 0 Å². The van der Waals surface area contributed by atoms with Crippen molar-refractivity contribution in [2.24, 2.45) is 0 Å². The molecule has 0 aliphatic carbocycles. The molecular weight excluding hydrogens is 300 g/mol. The van der Waals surface area contributed by atoms with Gasteiger partial charge in [-0.1, -0.05) is 35.9 Å². The van der Waals surface area contributed by atoms with E-state index in [0.29, 0.717) is 10.7 Å². The van der Waals surface area contributed by atoms with E-state index in [0.717, 1.165) is 16.9 Å². The predicted molar refractivity (Wildman–Crippen MR) is 90.4 cm³/mol. The Morgan fingerprint density at radius 1 is 1.23 bits per heavy atom. The largest absolute Gasteiger partial charge is 0.496 e. The van der Waals surface area contributed by atoms with Crippen LogP contribution in [0.2, 0.25) is 5.02 Å². The highest BCUT2D eigenvalue weighted by Crippen LogP contribution is 2.20. The molecule has 0 spiro atoms. The number of methoxy groups -OCH3 is 1. The number of urea groups is 1. The van der Waals surface area contributed by atoms with Gasteiger partial charge in [0.25, 0.3) is 0 Å². The number of hydrogen-bond acceptors (Lipinski definition) is 2. The fraction of sp³-hybridized carbons (Fsp3) is 0.118. The van der Waals surface area contributed by atoms with Gasteiger partial charge in [-0.05, 0) is 36.8 Å². The van der Waals surface area contributed by atoms with Gasteiger partial charge >= 0.3 is 6.03 Å². The number of rotatable bonds is 4. The summed E-state index contributed by atoms with van der Waals surface area (Å²) in [6, 6.07) is 12.5. The zero-order valence-corrected chi connectivity index (χ0v) is 13.1. The van der Waals surface area contributed by atoms with E-state index in [-0.39, 0.29) is 6.03 Å². The molecule has 5 heteroatoms. The minimum atomic E-state index is -0.337. The Morgan fingerprint density at radius 3 is 2.77 bits per heavy atom. The highest BCUT2D eigenvalue weighted by molar-refractivity contribution is 6.31. The van der Waals surface area contributed by atoms with E-state index in [4.69, 9.17) is 16.3 Å². The lowest BCUT2D eigenvalue weighted by Gasteiger charge is -2.08. The van der Waals surface area contributed by atoms with Gasteiger partial charge in [0.1, 0.15) is 5.75 Å². The second-order valence-electron chi connectivity index (χ2n) is 4.63. The first kappa shape index (κ1) is 15.9. The number of amides is 2. The van der Waals surface area contributed by atoms with E-state index >= 15 is 0 Å². The monoisotopic (exact) mass is 316 g/mol. The Bertz CT molecular complexity index is 699. The van der Waals surface area contributed by atoms with Crippen LogP contribution in [0.1, 0.15) is 11.1 Å². The predicted octanol–water partition coefficient (Wildman–Crippen LogP) is 4.45. The maximum atomic E-state index is 11.9. The van der Waals surface area contributed by atoms with Crippen molar-refractivity contribution >= 4 is 29.4 Å². The zero-order chi connectivity index (χ0) is 15.9. The van der Waals surface area contributed by atoms with Gasteiger partial charge in [0.15, 0.2) is 0 Å². The van der Waals surface area contributed by atoms with Crippen LogP contribution in [0.5, 0.6) is 5.75 Å². The SMILES string of the molecule is COc1ccccc1/C=C/NC(=O)Nc1cc(Cl)ccc1C. The summed E-state index contributed by atoms with van der Waals surface area (Å²) >= 11 is 5.92. The molecule has 0 aliphatic rings. The number of halogens is 1. The maximum absolute atomic E-state index is 11.9. The van der Waals surface area contributed by atoms with E-state index < -0.39 is 0 Å². The van der Waals surface area contributed by atoms with Crippen molar-refractivity contribution in [2.45, 2.75) is 6.92 Å². The fourth-order valence-electron chi connectivity index (χ4n) is 1.90. The number of para-hydroxylation sites is 1. The van der Waals surface area contributed by atoms with Crippen LogP contribution in [-0.2, 0) is 0 Å². The van der Waals surface area contributed by atoms with Crippen LogP contribution in [0.4, 0.5) is 10.5 Å². The third kappa shape index (κ3) is 4.27. The topological polar surface area (TPSA) is 50.4 Å². The molecule has 2 rings (SSSR count). The molecular formula is C17H17ClN2O2. The minimum absolute atomic E-state index is 0.337. The van der Waals surface area contributed by atoms with Gasteiger partial charge in [-0.3, -0.25) is 0 Å². The van der Waals surface area contributed by atoms with Gasteiger partial charge in [-0.15, -0.1) is 0 Å². The van der Waals surface area contributed by atoms with E-state index in [9.17, 15) is 4.79 Å². The minimum Gasteiger partial charge on any atom is -0.496 e. The first-order valence-electron chi connectivity index (χ1n) is 6.73. The summed E-state index contributed by atoms with van der Waals surface area (Å²) in [5.74, 6) is 0.742. The van der Waals surface area contributed by atoms with Crippen molar-refractivity contribution in [3.05, 3.63) is 64.8 Å². The van der Waals surface area contributed by atoms with Gasteiger partial charge in [0.05, 0.1) is 7.11 Å². The molecule has 2 amide bonds. The summed E-state index contributed by atoms with van der Waals surface area (Å²) < 4.78 is 5.23. The molecule has 0 unspecified atom stereocenters. The summed E-state index contributed by atoms with van der Waals surface area (Å²) in [4.78, 5) is 11.9. The van der Waals surface area contributed by atoms with Crippen molar-refractivity contribution < 1.29 is 9.53 Å². The van der Waals surface area contributed by atoms with Crippen LogP contribution >= 0.6 is 11.6 Å². The van der Waals surface area contributed by atoms with Gasteiger partial charge in [-0.2, -0.15) is 0 Å². The third-order valence-corrected chi connectivity index (χ3v) is 3.30. The first-order valence-corrected chi connectivity index (χ1v) is 7.11. The number of aryl methyl sites for hydroxylation is 1. The van der Waals surface area contributed by atoms with Gasteiger partial charge in [0, 0.05) is 22.5 Å². The van der Waals surface area contributed by atoms with Gasteiger partial charge < -0.3 is 15.4 Å². The molecule has 0 radical (unpaired) electrons. The van der Waals surface area contributed by atoms with Gasteiger partial charge in [-0.25, -0.2) is 4.79 Å². The van der Waals surface area contributed by atoms with Gasteiger partial charge in [0.2, 0.25) is 0 Å². The highest BCUT2D eigenvalue weighted by Gasteiger charge is 2.03. The zero-order valence-electron chi connectivity index (χ0n) is 12.4. The molecule has 0 aromatic heterocycles. The lowest BCUT2D eigenvalue weighted by atomic mass is 10.2. The summed E-state index contributed by atoms with van der Waals surface area (Å²) in [5.41, 5.74) is 2.49. The van der Waals surface area contributed by atoms with Crippen LogP contribution in [0.25, 0.3) is 6.08 Å².